The molecule has 1 unspecified atom stereocenters. The number of carbonyl (C=O) groups is 2. The minimum absolute atomic E-state index is 0.0259. The first kappa shape index (κ1) is 12.8. The standard InChI is InChI=1S/C11H11NO5/c13-8-17-11(14)7-10(12(15)16)6-9-4-2-1-3-5-9/h1-5,8,10H,6-7H2. The lowest BCUT2D eigenvalue weighted by Gasteiger charge is -2.07. The van der Waals surface area contributed by atoms with Crippen molar-refractivity contribution in [3.63, 3.8) is 0 Å². The van der Waals surface area contributed by atoms with Gasteiger partial charge in [-0.2, -0.15) is 0 Å². The van der Waals surface area contributed by atoms with Crippen LogP contribution in [0.2, 0.25) is 0 Å². The molecule has 1 rings (SSSR count). The summed E-state index contributed by atoms with van der Waals surface area (Å²) in [7, 11) is 0. The number of rotatable bonds is 6. The predicted octanol–water partition coefficient (Wildman–Crippen LogP) is 0.964. The highest BCUT2D eigenvalue weighted by molar-refractivity contribution is 5.76. The van der Waals surface area contributed by atoms with Crippen LogP contribution >= 0.6 is 0 Å². The van der Waals surface area contributed by atoms with Gasteiger partial charge in [-0.15, -0.1) is 0 Å². The van der Waals surface area contributed by atoms with Crippen molar-refractivity contribution in [1.82, 2.24) is 0 Å². The van der Waals surface area contributed by atoms with Gasteiger partial charge in [-0.1, -0.05) is 30.3 Å². The van der Waals surface area contributed by atoms with E-state index in [1.807, 2.05) is 0 Å². The second kappa shape index (κ2) is 6.37. The van der Waals surface area contributed by atoms with Crippen LogP contribution in [-0.2, 0) is 20.7 Å². The number of hydrogen-bond acceptors (Lipinski definition) is 5. The van der Waals surface area contributed by atoms with Gasteiger partial charge in [0, 0.05) is 11.3 Å². The molecule has 90 valence electrons. The highest BCUT2D eigenvalue weighted by Gasteiger charge is 2.25. The van der Waals surface area contributed by atoms with Crippen LogP contribution in [0.5, 0.6) is 0 Å². The Morgan fingerprint density at radius 1 is 1.41 bits per heavy atom. The minimum atomic E-state index is -1.08. The smallest absolute Gasteiger partial charge is 0.320 e. The van der Waals surface area contributed by atoms with Gasteiger partial charge in [0.05, 0.1) is 0 Å². The maximum atomic E-state index is 11.0. The van der Waals surface area contributed by atoms with Crippen molar-refractivity contribution in [1.29, 1.82) is 0 Å². The van der Waals surface area contributed by atoms with Crippen molar-refractivity contribution in [3.05, 3.63) is 46.0 Å². The van der Waals surface area contributed by atoms with Gasteiger partial charge < -0.3 is 4.74 Å². The Hall–Kier alpha value is -2.24. The number of esters is 1. The quantitative estimate of drug-likeness (QED) is 0.242. The molecule has 0 bridgehead atoms. The predicted molar refractivity (Wildman–Crippen MR) is 57.7 cm³/mol. The van der Waals surface area contributed by atoms with E-state index in [0.717, 1.165) is 5.56 Å². The highest BCUT2D eigenvalue weighted by atomic mass is 16.6. The summed E-state index contributed by atoms with van der Waals surface area (Å²) in [5.74, 6) is -0.891. The van der Waals surface area contributed by atoms with Gasteiger partial charge >= 0.3 is 12.4 Å². The fraction of sp³-hybridized carbons (Fsp3) is 0.273. The number of benzene rings is 1. The van der Waals surface area contributed by atoms with E-state index in [9.17, 15) is 19.7 Å². The molecule has 0 aliphatic heterocycles. The second-order valence-electron chi connectivity index (χ2n) is 3.42. The molecule has 0 saturated carbocycles. The summed E-state index contributed by atoms with van der Waals surface area (Å²) in [6, 6.07) is 7.71. The Balaban J connectivity index is 2.64. The van der Waals surface area contributed by atoms with Gasteiger partial charge in [0.25, 0.3) is 0 Å². The minimum Gasteiger partial charge on any atom is -0.395 e. The molecule has 17 heavy (non-hydrogen) atoms. The van der Waals surface area contributed by atoms with Crippen molar-refractivity contribution >= 4 is 12.4 Å². The molecule has 1 aromatic rings. The summed E-state index contributed by atoms with van der Waals surface area (Å²) in [6.45, 7) is -0.0259. The molecule has 0 radical (unpaired) electrons. The van der Waals surface area contributed by atoms with Crippen molar-refractivity contribution in [2.45, 2.75) is 18.9 Å². The Labute approximate surface area is 97.3 Å². The molecule has 0 saturated heterocycles. The normalized spacial score (nSPS) is 11.5. The molecule has 6 heteroatoms. The monoisotopic (exact) mass is 237 g/mol. The molecule has 0 fully saturated rings. The molecule has 1 aromatic carbocycles. The summed E-state index contributed by atoms with van der Waals surface area (Å²) >= 11 is 0. The Morgan fingerprint density at radius 2 is 2.06 bits per heavy atom. The zero-order valence-electron chi connectivity index (χ0n) is 8.94. The molecule has 0 spiro atoms. The van der Waals surface area contributed by atoms with E-state index < -0.39 is 23.4 Å². The Bertz CT molecular complexity index is 404. The van der Waals surface area contributed by atoms with Gasteiger partial charge in [-0.25, -0.2) is 0 Å². The zero-order valence-corrected chi connectivity index (χ0v) is 8.94. The fourth-order valence-electron chi connectivity index (χ4n) is 1.40. The number of carbonyl (C=O) groups excluding carboxylic acids is 2. The summed E-state index contributed by atoms with van der Waals surface area (Å²) in [5, 5.41) is 10.8. The lowest BCUT2D eigenvalue weighted by atomic mass is 10.0. The number of nitro groups is 1. The van der Waals surface area contributed by atoms with E-state index in [-0.39, 0.29) is 12.9 Å². The maximum Gasteiger partial charge on any atom is 0.320 e. The van der Waals surface area contributed by atoms with Gasteiger partial charge in [-0.05, 0) is 5.56 Å². The summed E-state index contributed by atoms with van der Waals surface area (Å²) < 4.78 is 4.04. The van der Waals surface area contributed by atoms with Crippen molar-refractivity contribution in [2.24, 2.45) is 0 Å². The topological polar surface area (TPSA) is 86.5 Å². The molecule has 1 atom stereocenters. The van der Waals surface area contributed by atoms with Gasteiger partial charge in [0.15, 0.2) is 0 Å². The van der Waals surface area contributed by atoms with Gasteiger partial charge in [-0.3, -0.25) is 19.7 Å². The SMILES string of the molecule is O=COC(=O)CC(Cc1ccccc1)[N+](=O)[O-]. The molecule has 6 nitrogen and oxygen atoms in total. The molecule has 0 aliphatic carbocycles. The summed E-state index contributed by atoms with van der Waals surface area (Å²) in [4.78, 5) is 31.1. The van der Waals surface area contributed by atoms with Crippen molar-refractivity contribution in [3.8, 4) is 0 Å². The van der Waals surface area contributed by atoms with Crippen LogP contribution in [0.15, 0.2) is 30.3 Å². The molecular weight excluding hydrogens is 226 g/mol. The van der Waals surface area contributed by atoms with E-state index >= 15 is 0 Å². The first-order valence-electron chi connectivity index (χ1n) is 4.94. The second-order valence-corrected chi connectivity index (χ2v) is 3.42. The Kier molecular flexibility index (Phi) is 4.80. The van der Waals surface area contributed by atoms with Gasteiger partial charge in [0.2, 0.25) is 6.04 Å². The lowest BCUT2D eigenvalue weighted by Crippen LogP contribution is -2.26. The largest absolute Gasteiger partial charge is 0.395 e. The molecule has 0 heterocycles. The van der Waals surface area contributed by atoms with E-state index in [4.69, 9.17) is 0 Å². The molecular formula is C11H11NO5. The van der Waals surface area contributed by atoms with Crippen molar-refractivity contribution in [2.75, 3.05) is 0 Å². The number of ether oxygens (including phenoxy) is 1. The first-order valence-corrected chi connectivity index (χ1v) is 4.94. The zero-order chi connectivity index (χ0) is 12.7. The van der Waals surface area contributed by atoms with Crippen LogP contribution in [0.4, 0.5) is 0 Å². The summed E-state index contributed by atoms with van der Waals surface area (Å²) in [5.41, 5.74) is 0.758. The van der Waals surface area contributed by atoms with E-state index in [1.165, 1.54) is 0 Å². The van der Waals surface area contributed by atoms with Crippen LogP contribution in [0.3, 0.4) is 0 Å². The maximum absolute atomic E-state index is 11.0. The van der Waals surface area contributed by atoms with Crippen LogP contribution in [0.25, 0.3) is 0 Å². The lowest BCUT2D eigenvalue weighted by molar-refractivity contribution is -0.521. The third-order valence-electron chi connectivity index (χ3n) is 2.19. The van der Waals surface area contributed by atoms with Crippen LogP contribution in [-0.4, -0.2) is 23.4 Å². The van der Waals surface area contributed by atoms with Crippen molar-refractivity contribution < 1.29 is 19.2 Å². The third kappa shape index (κ3) is 4.42. The van der Waals surface area contributed by atoms with Gasteiger partial charge in [0.1, 0.15) is 6.42 Å². The van der Waals surface area contributed by atoms with Crippen LogP contribution < -0.4 is 0 Å². The molecule has 0 amide bonds. The average molecular weight is 237 g/mol. The fourth-order valence-corrected chi connectivity index (χ4v) is 1.40. The summed E-state index contributed by atoms with van der Waals surface area (Å²) in [6.07, 6.45) is -0.289. The third-order valence-corrected chi connectivity index (χ3v) is 2.19. The molecule has 0 aromatic heterocycles. The number of hydrogen-bond donors (Lipinski definition) is 0. The highest BCUT2D eigenvalue weighted by Crippen LogP contribution is 2.09. The van der Waals surface area contributed by atoms with E-state index in [0.29, 0.717) is 0 Å². The van der Waals surface area contributed by atoms with E-state index in [1.54, 1.807) is 30.3 Å². The van der Waals surface area contributed by atoms with E-state index in [2.05, 4.69) is 4.74 Å². The average Bonchev–Trinajstić information content (AvgIpc) is 2.29. The van der Waals surface area contributed by atoms with Crippen LogP contribution in [0.1, 0.15) is 12.0 Å². The first-order chi connectivity index (χ1) is 8.13. The molecule has 0 aliphatic rings. The van der Waals surface area contributed by atoms with Crippen LogP contribution in [0, 0.1) is 10.1 Å². The Morgan fingerprint density at radius 3 is 2.59 bits per heavy atom. The number of nitrogens with zero attached hydrogens (tertiary/aromatic N) is 1. The molecule has 0 N–H and O–H groups in total.